The summed E-state index contributed by atoms with van der Waals surface area (Å²) in [5.74, 6) is 0.488. The Bertz CT molecular complexity index is 402. The third-order valence-electron chi connectivity index (χ3n) is 1.72. The summed E-state index contributed by atoms with van der Waals surface area (Å²) in [7, 11) is 0. The maximum absolute atomic E-state index is 8.77. The van der Waals surface area contributed by atoms with Crippen LogP contribution in [0.25, 0.3) is 5.70 Å². The zero-order valence-electron chi connectivity index (χ0n) is 8.16. The van der Waals surface area contributed by atoms with E-state index in [2.05, 4.69) is 12.2 Å². The van der Waals surface area contributed by atoms with Gasteiger partial charge in [0.25, 0.3) is 0 Å². The van der Waals surface area contributed by atoms with Gasteiger partial charge in [0.05, 0.1) is 6.26 Å². The monoisotopic (exact) mass is 200 g/mol. The van der Waals surface area contributed by atoms with Crippen LogP contribution in [-0.4, -0.2) is 6.54 Å². The van der Waals surface area contributed by atoms with Crippen LogP contribution in [0.5, 0.6) is 0 Å². The number of nitriles is 2. The molecule has 0 fully saturated rings. The lowest BCUT2D eigenvalue weighted by Gasteiger charge is -2.06. The first-order chi connectivity index (χ1) is 7.33. The molecule has 1 N–H and O–H groups in total. The fourth-order valence-corrected chi connectivity index (χ4v) is 1.07. The minimum absolute atomic E-state index is 0.0124. The van der Waals surface area contributed by atoms with Gasteiger partial charge in [-0.25, -0.2) is 0 Å². The molecule has 0 aliphatic carbocycles. The van der Waals surface area contributed by atoms with Gasteiger partial charge in [-0.1, -0.05) is 6.92 Å². The molecular formula is C11H10N3O. The molecule has 0 aromatic carbocycles. The fraction of sp³-hybridized carbons (Fsp3) is 0.182. The fourth-order valence-electron chi connectivity index (χ4n) is 1.07. The highest BCUT2D eigenvalue weighted by Crippen LogP contribution is 2.15. The standard InChI is InChI=1S/C11H10N3O/c1-2-5-14-11(9(7-12)8-13)10-4-3-6-15-10/h3-4,6,14H,1-2,5H2. The zero-order valence-corrected chi connectivity index (χ0v) is 8.16. The van der Waals surface area contributed by atoms with E-state index >= 15 is 0 Å². The molecule has 4 heteroatoms. The Morgan fingerprint density at radius 2 is 2.20 bits per heavy atom. The number of hydrogen-bond donors (Lipinski definition) is 1. The van der Waals surface area contributed by atoms with Crippen molar-refractivity contribution >= 4 is 5.70 Å². The molecule has 0 saturated carbocycles. The minimum atomic E-state index is 0.0124. The molecule has 0 atom stereocenters. The van der Waals surface area contributed by atoms with Crippen molar-refractivity contribution in [2.75, 3.05) is 6.54 Å². The van der Waals surface area contributed by atoms with Crippen molar-refractivity contribution in [3.63, 3.8) is 0 Å². The Labute approximate surface area is 88.4 Å². The highest BCUT2D eigenvalue weighted by molar-refractivity contribution is 5.70. The van der Waals surface area contributed by atoms with Crippen LogP contribution in [0.2, 0.25) is 0 Å². The zero-order chi connectivity index (χ0) is 11.1. The van der Waals surface area contributed by atoms with E-state index in [1.165, 1.54) is 6.26 Å². The minimum Gasteiger partial charge on any atom is -0.463 e. The number of rotatable bonds is 4. The molecular weight excluding hydrogens is 190 g/mol. The highest BCUT2D eigenvalue weighted by atomic mass is 16.3. The molecule has 4 nitrogen and oxygen atoms in total. The summed E-state index contributed by atoms with van der Waals surface area (Å²) in [4.78, 5) is 0. The van der Waals surface area contributed by atoms with E-state index in [0.29, 0.717) is 24.4 Å². The van der Waals surface area contributed by atoms with E-state index in [1.807, 2.05) is 12.1 Å². The van der Waals surface area contributed by atoms with E-state index in [1.54, 1.807) is 12.1 Å². The van der Waals surface area contributed by atoms with E-state index in [4.69, 9.17) is 14.9 Å². The van der Waals surface area contributed by atoms with E-state index in [0.717, 1.165) is 0 Å². The van der Waals surface area contributed by atoms with Crippen LogP contribution in [0.15, 0.2) is 28.4 Å². The number of furan rings is 1. The first kappa shape index (κ1) is 10.9. The Balaban J connectivity index is 3.05. The van der Waals surface area contributed by atoms with Crippen molar-refractivity contribution < 1.29 is 4.42 Å². The van der Waals surface area contributed by atoms with Crippen LogP contribution in [0.1, 0.15) is 12.2 Å². The van der Waals surface area contributed by atoms with Crippen molar-refractivity contribution in [2.24, 2.45) is 0 Å². The molecule has 1 radical (unpaired) electrons. The molecule has 1 aromatic heterocycles. The second-order valence-electron chi connectivity index (χ2n) is 2.73. The summed E-state index contributed by atoms with van der Waals surface area (Å²) in [6, 6.07) is 7.05. The molecule has 1 heterocycles. The summed E-state index contributed by atoms with van der Waals surface area (Å²) in [6.07, 6.45) is 2.15. The number of nitrogens with one attached hydrogen (secondary N) is 1. The average Bonchev–Trinajstić information content (AvgIpc) is 2.77. The van der Waals surface area contributed by atoms with Gasteiger partial charge in [0.1, 0.15) is 17.8 Å². The first-order valence-electron chi connectivity index (χ1n) is 4.45. The lowest BCUT2D eigenvalue weighted by Crippen LogP contribution is -2.14. The molecule has 0 amide bonds. The van der Waals surface area contributed by atoms with Crippen LogP contribution >= 0.6 is 0 Å². The van der Waals surface area contributed by atoms with Gasteiger partial charge >= 0.3 is 0 Å². The maximum atomic E-state index is 8.77. The molecule has 15 heavy (non-hydrogen) atoms. The lowest BCUT2D eigenvalue weighted by molar-refractivity contribution is 0.546. The molecule has 0 aliphatic rings. The third-order valence-corrected chi connectivity index (χ3v) is 1.72. The third kappa shape index (κ3) is 2.62. The topological polar surface area (TPSA) is 72.8 Å². The summed E-state index contributed by atoms with van der Waals surface area (Å²) in [5.41, 5.74) is 0.437. The van der Waals surface area contributed by atoms with Gasteiger partial charge in [0.2, 0.25) is 0 Å². The Hall–Kier alpha value is -2.20. The molecule has 0 saturated heterocycles. The molecule has 75 valence electrons. The lowest BCUT2D eigenvalue weighted by atomic mass is 10.2. The van der Waals surface area contributed by atoms with Crippen LogP contribution in [0.4, 0.5) is 0 Å². The summed E-state index contributed by atoms with van der Waals surface area (Å²) < 4.78 is 5.13. The molecule has 0 spiro atoms. The van der Waals surface area contributed by atoms with Gasteiger partial charge in [-0.15, -0.1) is 0 Å². The van der Waals surface area contributed by atoms with Gasteiger partial charge in [-0.05, 0) is 18.6 Å². The normalized spacial score (nSPS) is 8.73. The smallest absolute Gasteiger partial charge is 0.156 e. The van der Waals surface area contributed by atoms with Crippen molar-refractivity contribution in [3.05, 3.63) is 36.7 Å². The molecule has 1 rings (SSSR count). The van der Waals surface area contributed by atoms with Gasteiger partial charge in [0, 0.05) is 6.54 Å². The number of hydrogen-bond acceptors (Lipinski definition) is 4. The van der Waals surface area contributed by atoms with Crippen LogP contribution in [-0.2, 0) is 0 Å². The van der Waals surface area contributed by atoms with Crippen LogP contribution in [0, 0.1) is 29.6 Å². The Morgan fingerprint density at radius 3 is 2.67 bits per heavy atom. The number of allylic oxidation sites excluding steroid dienone is 1. The van der Waals surface area contributed by atoms with Gasteiger partial charge in [0.15, 0.2) is 11.3 Å². The van der Waals surface area contributed by atoms with Gasteiger partial charge in [-0.3, -0.25) is 0 Å². The van der Waals surface area contributed by atoms with Crippen molar-refractivity contribution in [1.29, 1.82) is 10.5 Å². The highest BCUT2D eigenvalue weighted by Gasteiger charge is 2.10. The molecule has 0 bridgehead atoms. The second-order valence-corrected chi connectivity index (χ2v) is 2.73. The van der Waals surface area contributed by atoms with Crippen molar-refractivity contribution in [2.45, 2.75) is 6.42 Å². The van der Waals surface area contributed by atoms with E-state index < -0.39 is 0 Å². The summed E-state index contributed by atoms with van der Waals surface area (Å²) in [5, 5.41) is 20.5. The van der Waals surface area contributed by atoms with Crippen molar-refractivity contribution in [1.82, 2.24) is 5.32 Å². The SMILES string of the molecule is [CH2]CCNC(=C(C#N)C#N)c1ccco1. The summed E-state index contributed by atoms with van der Waals surface area (Å²) >= 11 is 0. The molecule has 0 aliphatic heterocycles. The van der Waals surface area contributed by atoms with E-state index in [9.17, 15) is 0 Å². The predicted octanol–water partition coefficient (Wildman–Crippen LogP) is 1.85. The quantitative estimate of drug-likeness (QED) is 0.753. The summed E-state index contributed by atoms with van der Waals surface area (Å²) in [6.45, 7) is 4.25. The van der Waals surface area contributed by atoms with E-state index in [-0.39, 0.29) is 5.57 Å². The van der Waals surface area contributed by atoms with Crippen LogP contribution < -0.4 is 5.32 Å². The Kier molecular flexibility index (Phi) is 4.00. The number of nitrogens with zero attached hydrogens (tertiary/aromatic N) is 2. The first-order valence-corrected chi connectivity index (χ1v) is 4.45. The molecule has 1 aromatic rings. The average molecular weight is 200 g/mol. The van der Waals surface area contributed by atoms with Crippen LogP contribution in [0.3, 0.4) is 0 Å². The van der Waals surface area contributed by atoms with Crippen molar-refractivity contribution in [3.8, 4) is 12.1 Å². The second kappa shape index (κ2) is 5.51. The largest absolute Gasteiger partial charge is 0.463 e. The van der Waals surface area contributed by atoms with Gasteiger partial charge < -0.3 is 9.73 Å². The predicted molar refractivity (Wildman–Crippen MR) is 54.8 cm³/mol. The van der Waals surface area contributed by atoms with Gasteiger partial charge in [-0.2, -0.15) is 10.5 Å². The molecule has 0 unspecified atom stereocenters. The Morgan fingerprint density at radius 1 is 1.47 bits per heavy atom. The maximum Gasteiger partial charge on any atom is 0.156 e.